The summed E-state index contributed by atoms with van der Waals surface area (Å²) in [5.74, 6) is -0.221. The standard InChI is InChI=1S/C22H19N5O3S3/c1-15(32-22-26-19(14-31-22)16-6-3-2-4-7-16)20(28)25-17-8-10-18(11-9-17)33(29,30)27-21-23-12-5-13-24-21/h2-15H,1H3,(H,25,28)(H,23,24,27). The van der Waals surface area contributed by atoms with Crippen LogP contribution in [0.1, 0.15) is 6.92 Å². The Kier molecular flexibility index (Phi) is 7.02. The molecule has 1 amide bonds. The molecule has 0 aliphatic rings. The second kappa shape index (κ2) is 10.1. The number of hydrogen-bond acceptors (Lipinski definition) is 8. The van der Waals surface area contributed by atoms with Gasteiger partial charge in [0.15, 0.2) is 4.34 Å². The van der Waals surface area contributed by atoms with Crippen molar-refractivity contribution in [3.8, 4) is 11.3 Å². The van der Waals surface area contributed by atoms with Crippen molar-refractivity contribution in [2.75, 3.05) is 10.0 Å². The number of thiazole rings is 1. The molecule has 1 unspecified atom stereocenters. The SMILES string of the molecule is CC(Sc1nc(-c2ccccc2)cs1)C(=O)Nc1ccc(S(=O)(=O)Nc2ncccn2)cc1. The molecule has 2 aromatic carbocycles. The van der Waals surface area contributed by atoms with Gasteiger partial charge in [-0.05, 0) is 37.3 Å². The molecule has 0 spiro atoms. The minimum atomic E-state index is -3.83. The van der Waals surface area contributed by atoms with Gasteiger partial charge in [0.25, 0.3) is 10.0 Å². The highest BCUT2D eigenvalue weighted by atomic mass is 32.2. The molecule has 2 heterocycles. The van der Waals surface area contributed by atoms with E-state index in [1.807, 2.05) is 35.7 Å². The van der Waals surface area contributed by atoms with E-state index < -0.39 is 10.0 Å². The quantitative estimate of drug-likeness (QED) is 0.344. The summed E-state index contributed by atoms with van der Waals surface area (Å²) < 4.78 is 28.0. The molecule has 0 bridgehead atoms. The van der Waals surface area contributed by atoms with E-state index in [-0.39, 0.29) is 22.0 Å². The first-order chi connectivity index (χ1) is 15.9. The summed E-state index contributed by atoms with van der Waals surface area (Å²) in [4.78, 5) is 25.0. The van der Waals surface area contributed by atoms with Gasteiger partial charge in [0.2, 0.25) is 11.9 Å². The monoisotopic (exact) mass is 497 g/mol. The van der Waals surface area contributed by atoms with E-state index in [0.717, 1.165) is 15.6 Å². The van der Waals surface area contributed by atoms with E-state index in [9.17, 15) is 13.2 Å². The van der Waals surface area contributed by atoms with Crippen molar-refractivity contribution >= 4 is 50.7 Å². The fourth-order valence-electron chi connectivity index (χ4n) is 2.75. The Morgan fingerprint density at radius 3 is 2.39 bits per heavy atom. The van der Waals surface area contributed by atoms with Crippen molar-refractivity contribution in [2.24, 2.45) is 0 Å². The van der Waals surface area contributed by atoms with Crippen LogP contribution < -0.4 is 10.0 Å². The third-order valence-corrected chi connectivity index (χ3v) is 7.84. The predicted molar refractivity (Wildman–Crippen MR) is 131 cm³/mol. The lowest BCUT2D eigenvalue weighted by molar-refractivity contribution is -0.115. The molecule has 0 aliphatic heterocycles. The number of amides is 1. The number of sulfonamides is 1. The van der Waals surface area contributed by atoms with Crippen LogP contribution in [0.15, 0.2) is 87.7 Å². The lowest BCUT2D eigenvalue weighted by Gasteiger charge is -2.11. The summed E-state index contributed by atoms with van der Waals surface area (Å²) >= 11 is 2.86. The lowest BCUT2D eigenvalue weighted by atomic mass is 10.2. The highest BCUT2D eigenvalue weighted by Crippen LogP contribution is 2.31. The number of nitrogens with one attached hydrogen (secondary N) is 2. The van der Waals surface area contributed by atoms with Crippen molar-refractivity contribution in [3.63, 3.8) is 0 Å². The normalized spacial score (nSPS) is 12.2. The smallest absolute Gasteiger partial charge is 0.264 e. The zero-order valence-electron chi connectivity index (χ0n) is 17.4. The van der Waals surface area contributed by atoms with Gasteiger partial charge >= 0.3 is 0 Å². The topological polar surface area (TPSA) is 114 Å². The van der Waals surface area contributed by atoms with Crippen LogP contribution in [0.25, 0.3) is 11.3 Å². The highest BCUT2D eigenvalue weighted by Gasteiger charge is 2.19. The summed E-state index contributed by atoms with van der Waals surface area (Å²) in [5, 5.41) is 4.39. The molecular formula is C22H19N5O3S3. The molecule has 168 valence electrons. The number of thioether (sulfide) groups is 1. The maximum Gasteiger partial charge on any atom is 0.264 e. The molecule has 2 aromatic heterocycles. The maximum absolute atomic E-state index is 12.6. The minimum absolute atomic E-state index is 0.0154. The second-order valence-corrected chi connectivity index (χ2v) is 10.9. The summed E-state index contributed by atoms with van der Waals surface area (Å²) in [6, 6.07) is 17.3. The first kappa shape index (κ1) is 22.9. The Balaban J connectivity index is 1.36. The number of hydrogen-bond donors (Lipinski definition) is 2. The number of nitrogens with zero attached hydrogens (tertiary/aromatic N) is 3. The van der Waals surface area contributed by atoms with Gasteiger partial charge in [-0.3, -0.25) is 4.79 Å². The highest BCUT2D eigenvalue weighted by molar-refractivity contribution is 8.02. The minimum Gasteiger partial charge on any atom is -0.325 e. The summed E-state index contributed by atoms with van der Waals surface area (Å²) in [6.07, 6.45) is 2.88. The molecule has 0 aliphatic carbocycles. The van der Waals surface area contributed by atoms with Crippen LogP contribution >= 0.6 is 23.1 Å². The van der Waals surface area contributed by atoms with Gasteiger partial charge in [0, 0.05) is 29.0 Å². The van der Waals surface area contributed by atoms with Crippen molar-refractivity contribution in [1.29, 1.82) is 0 Å². The van der Waals surface area contributed by atoms with Crippen LogP contribution in [0.5, 0.6) is 0 Å². The Labute approximate surface area is 199 Å². The van der Waals surface area contributed by atoms with E-state index in [0.29, 0.717) is 5.69 Å². The Hall–Kier alpha value is -3.28. The molecule has 4 aromatic rings. The van der Waals surface area contributed by atoms with E-state index in [1.165, 1.54) is 59.8 Å². The predicted octanol–water partition coefficient (Wildman–Crippen LogP) is 4.52. The first-order valence-corrected chi connectivity index (χ1v) is 13.0. The molecule has 11 heteroatoms. The molecule has 8 nitrogen and oxygen atoms in total. The van der Waals surface area contributed by atoms with Crippen LogP contribution in [0, 0.1) is 0 Å². The molecule has 33 heavy (non-hydrogen) atoms. The van der Waals surface area contributed by atoms with Crippen LogP contribution in [0.4, 0.5) is 11.6 Å². The average molecular weight is 498 g/mol. The van der Waals surface area contributed by atoms with Crippen LogP contribution in [0.2, 0.25) is 0 Å². The van der Waals surface area contributed by atoms with Gasteiger partial charge in [-0.25, -0.2) is 28.1 Å². The number of anilines is 2. The zero-order valence-corrected chi connectivity index (χ0v) is 19.8. The number of benzene rings is 2. The third kappa shape index (κ3) is 5.95. The van der Waals surface area contributed by atoms with E-state index in [1.54, 1.807) is 13.0 Å². The third-order valence-electron chi connectivity index (χ3n) is 4.42. The summed E-state index contributed by atoms with van der Waals surface area (Å²) in [7, 11) is -3.83. The fraction of sp³-hybridized carbons (Fsp3) is 0.0909. The van der Waals surface area contributed by atoms with Crippen molar-refractivity contribution in [3.05, 3.63) is 78.4 Å². The number of carbonyl (C=O) groups is 1. The van der Waals surface area contributed by atoms with E-state index in [4.69, 9.17) is 0 Å². The molecule has 2 N–H and O–H groups in total. The fourth-order valence-corrected chi connectivity index (χ4v) is 5.68. The summed E-state index contributed by atoms with van der Waals surface area (Å²) in [5.41, 5.74) is 2.40. The second-order valence-electron chi connectivity index (χ2n) is 6.82. The molecule has 0 saturated heterocycles. The Bertz CT molecular complexity index is 1330. The largest absolute Gasteiger partial charge is 0.325 e. The summed E-state index contributed by atoms with van der Waals surface area (Å²) in [6.45, 7) is 1.80. The van der Waals surface area contributed by atoms with Gasteiger partial charge in [-0.1, -0.05) is 42.1 Å². The maximum atomic E-state index is 12.6. The van der Waals surface area contributed by atoms with Crippen molar-refractivity contribution in [2.45, 2.75) is 21.4 Å². The van der Waals surface area contributed by atoms with Gasteiger partial charge in [-0.15, -0.1) is 11.3 Å². The lowest BCUT2D eigenvalue weighted by Crippen LogP contribution is -2.22. The number of carbonyl (C=O) groups excluding carboxylic acids is 1. The van der Waals surface area contributed by atoms with Gasteiger partial charge in [-0.2, -0.15) is 0 Å². The van der Waals surface area contributed by atoms with Gasteiger partial charge in [0.1, 0.15) is 0 Å². The molecular weight excluding hydrogens is 478 g/mol. The molecule has 0 radical (unpaired) electrons. The average Bonchev–Trinajstić information content (AvgIpc) is 3.29. The number of rotatable bonds is 8. The zero-order chi connectivity index (χ0) is 23.3. The molecule has 0 saturated carbocycles. The van der Waals surface area contributed by atoms with E-state index in [2.05, 4.69) is 25.0 Å². The van der Waals surface area contributed by atoms with Crippen LogP contribution in [-0.4, -0.2) is 34.5 Å². The van der Waals surface area contributed by atoms with Crippen molar-refractivity contribution in [1.82, 2.24) is 15.0 Å². The first-order valence-electron chi connectivity index (χ1n) is 9.79. The Morgan fingerprint density at radius 2 is 1.70 bits per heavy atom. The molecule has 1 atom stereocenters. The molecule has 4 rings (SSSR count). The van der Waals surface area contributed by atoms with E-state index >= 15 is 0 Å². The van der Waals surface area contributed by atoms with Crippen LogP contribution in [-0.2, 0) is 14.8 Å². The number of aromatic nitrogens is 3. The van der Waals surface area contributed by atoms with Crippen LogP contribution in [0.3, 0.4) is 0 Å². The van der Waals surface area contributed by atoms with Crippen molar-refractivity contribution < 1.29 is 13.2 Å². The Morgan fingerprint density at radius 1 is 1.00 bits per heavy atom. The van der Waals surface area contributed by atoms with Gasteiger partial charge in [0.05, 0.1) is 15.8 Å². The van der Waals surface area contributed by atoms with Gasteiger partial charge < -0.3 is 5.32 Å². The molecule has 0 fully saturated rings.